The van der Waals surface area contributed by atoms with E-state index in [0.717, 1.165) is 18.7 Å². The first-order chi connectivity index (χ1) is 13.6. The van der Waals surface area contributed by atoms with Gasteiger partial charge in [-0.1, -0.05) is 24.3 Å². The van der Waals surface area contributed by atoms with Crippen molar-refractivity contribution in [2.75, 3.05) is 13.7 Å². The third-order valence-electron chi connectivity index (χ3n) is 4.15. The molecular weight excluding hydrogens is 392 g/mol. The van der Waals surface area contributed by atoms with Crippen molar-refractivity contribution in [3.8, 4) is 0 Å². The number of nitrogens with one attached hydrogen (secondary N) is 1. The number of carbonyl (C=O) groups excluding carboxylic acids is 2. The van der Waals surface area contributed by atoms with Crippen LogP contribution in [0.4, 0.5) is 0 Å². The molecule has 2 heterocycles. The van der Waals surface area contributed by atoms with Crippen LogP contribution in [-0.2, 0) is 29.2 Å². The molecule has 0 atom stereocenters. The molecule has 0 unspecified atom stereocenters. The molecule has 0 spiro atoms. The van der Waals surface area contributed by atoms with Crippen LogP contribution in [0.15, 0.2) is 59.3 Å². The lowest BCUT2D eigenvalue weighted by molar-refractivity contribution is -0.122. The molecule has 0 aliphatic rings. The van der Waals surface area contributed by atoms with Crippen LogP contribution in [0.2, 0.25) is 0 Å². The number of thiophene rings is 2. The summed E-state index contributed by atoms with van der Waals surface area (Å²) in [6.45, 7) is 2.25. The number of benzene rings is 1. The van der Waals surface area contributed by atoms with Crippen LogP contribution in [-0.4, -0.2) is 30.4 Å². The predicted molar refractivity (Wildman–Crippen MR) is 112 cm³/mol. The molecule has 3 rings (SSSR count). The minimum absolute atomic E-state index is 0.0230. The van der Waals surface area contributed by atoms with E-state index in [-0.39, 0.29) is 11.9 Å². The van der Waals surface area contributed by atoms with E-state index >= 15 is 0 Å². The summed E-state index contributed by atoms with van der Waals surface area (Å²) in [6, 6.07) is 15.3. The van der Waals surface area contributed by atoms with E-state index in [1.165, 1.54) is 16.9 Å². The number of hydrogen-bond donors (Lipinski definition) is 1. The van der Waals surface area contributed by atoms with Gasteiger partial charge in [-0.15, -0.1) is 22.7 Å². The van der Waals surface area contributed by atoms with Gasteiger partial charge in [-0.25, -0.2) is 4.79 Å². The van der Waals surface area contributed by atoms with E-state index in [1.54, 1.807) is 34.8 Å². The van der Waals surface area contributed by atoms with Crippen LogP contribution in [0.5, 0.6) is 0 Å². The van der Waals surface area contributed by atoms with Crippen molar-refractivity contribution in [3.63, 3.8) is 0 Å². The second-order valence-corrected chi connectivity index (χ2v) is 8.33. The van der Waals surface area contributed by atoms with Gasteiger partial charge in [-0.05, 0) is 40.6 Å². The fourth-order valence-corrected chi connectivity index (χ4v) is 4.24. The fourth-order valence-electron chi connectivity index (χ4n) is 2.75. The molecule has 1 amide bonds. The molecule has 146 valence electrons. The number of carbonyl (C=O) groups is 2. The Balaban J connectivity index is 1.54. The van der Waals surface area contributed by atoms with Crippen LogP contribution in [0.25, 0.3) is 0 Å². The summed E-state index contributed by atoms with van der Waals surface area (Å²) in [5, 5.41) is 7.07. The Morgan fingerprint density at radius 3 is 2.07 bits per heavy atom. The molecule has 0 fully saturated rings. The second kappa shape index (κ2) is 10.2. The topological polar surface area (TPSA) is 58.6 Å². The molecule has 0 saturated carbocycles. The Morgan fingerprint density at radius 2 is 1.57 bits per heavy atom. The van der Waals surface area contributed by atoms with Gasteiger partial charge >= 0.3 is 5.97 Å². The van der Waals surface area contributed by atoms with E-state index in [9.17, 15) is 9.59 Å². The zero-order valence-electron chi connectivity index (χ0n) is 15.6. The summed E-state index contributed by atoms with van der Waals surface area (Å²) in [5.74, 6) is -0.390. The third-order valence-corrected chi connectivity index (χ3v) is 5.87. The van der Waals surface area contributed by atoms with Gasteiger partial charge in [0.25, 0.3) is 0 Å². The monoisotopic (exact) mass is 414 g/mol. The quantitative estimate of drug-likeness (QED) is 0.539. The number of rotatable bonds is 9. The SMILES string of the molecule is COC(=O)c1ccc(CNC(=O)CN(Cc2cccs2)Cc2cccs2)cc1. The van der Waals surface area contributed by atoms with E-state index in [0.29, 0.717) is 18.7 Å². The van der Waals surface area contributed by atoms with Crippen molar-refractivity contribution in [2.24, 2.45) is 0 Å². The van der Waals surface area contributed by atoms with Gasteiger partial charge < -0.3 is 10.1 Å². The number of ether oxygens (including phenoxy) is 1. The number of nitrogens with zero attached hydrogens (tertiary/aromatic N) is 1. The molecule has 28 heavy (non-hydrogen) atoms. The first-order valence-electron chi connectivity index (χ1n) is 8.85. The van der Waals surface area contributed by atoms with Crippen LogP contribution in [0, 0.1) is 0 Å². The highest BCUT2D eigenvalue weighted by atomic mass is 32.1. The molecule has 0 bridgehead atoms. The first-order valence-corrected chi connectivity index (χ1v) is 10.6. The normalized spacial score (nSPS) is 10.8. The zero-order chi connectivity index (χ0) is 19.8. The van der Waals surface area contributed by atoms with Gasteiger partial charge in [0.2, 0.25) is 5.91 Å². The summed E-state index contributed by atoms with van der Waals surface area (Å²) < 4.78 is 4.69. The summed E-state index contributed by atoms with van der Waals surface area (Å²) in [7, 11) is 1.36. The lowest BCUT2D eigenvalue weighted by Gasteiger charge is -2.20. The van der Waals surface area contributed by atoms with E-state index in [4.69, 9.17) is 4.74 Å². The number of methoxy groups -OCH3 is 1. The average Bonchev–Trinajstić information content (AvgIpc) is 3.40. The minimum Gasteiger partial charge on any atom is -0.465 e. The molecule has 0 aliphatic heterocycles. The van der Waals surface area contributed by atoms with Gasteiger partial charge in [0, 0.05) is 29.4 Å². The van der Waals surface area contributed by atoms with Crippen LogP contribution < -0.4 is 5.32 Å². The van der Waals surface area contributed by atoms with E-state index in [1.807, 2.05) is 24.3 Å². The second-order valence-electron chi connectivity index (χ2n) is 6.27. The summed E-state index contributed by atoms with van der Waals surface area (Å²) in [4.78, 5) is 28.6. The summed E-state index contributed by atoms with van der Waals surface area (Å²) in [6.07, 6.45) is 0. The average molecular weight is 415 g/mol. The number of hydrogen-bond acceptors (Lipinski definition) is 6. The third kappa shape index (κ3) is 6.02. The van der Waals surface area contributed by atoms with Gasteiger partial charge in [-0.2, -0.15) is 0 Å². The Bertz CT molecular complexity index is 839. The standard InChI is InChI=1S/C21H22N2O3S2/c1-26-21(25)17-8-6-16(7-9-17)12-22-20(24)15-23(13-18-4-2-10-27-18)14-19-5-3-11-28-19/h2-11H,12-15H2,1H3,(H,22,24). The summed E-state index contributed by atoms with van der Waals surface area (Å²) >= 11 is 3.40. The zero-order valence-corrected chi connectivity index (χ0v) is 17.2. The lowest BCUT2D eigenvalue weighted by Crippen LogP contribution is -2.36. The molecule has 5 nitrogen and oxygen atoms in total. The highest BCUT2D eigenvalue weighted by molar-refractivity contribution is 7.10. The Hall–Kier alpha value is -2.48. The van der Waals surface area contributed by atoms with E-state index < -0.39 is 0 Å². The molecule has 3 aromatic rings. The van der Waals surface area contributed by atoms with Gasteiger partial charge in [0.15, 0.2) is 0 Å². The molecule has 1 aromatic carbocycles. The number of amides is 1. The molecule has 0 saturated heterocycles. The molecule has 2 aromatic heterocycles. The molecule has 0 radical (unpaired) electrons. The predicted octanol–water partition coefficient (Wildman–Crippen LogP) is 3.91. The minimum atomic E-state index is -0.367. The molecule has 0 aliphatic carbocycles. The Kier molecular flexibility index (Phi) is 7.36. The van der Waals surface area contributed by atoms with Gasteiger partial charge in [0.1, 0.15) is 0 Å². The molecular formula is C21H22N2O3S2. The highest BCUT2D eigenvalue weighted by Gasteiger charge is 2.13. The fraction of sp³-hybridized carbons (Fsp3) is 0.238. The molecule has 1 N–H and O–H groups in total. The van der Waals surface area contributed by atoms with Crippen molar-refractivity contribution >= 4 is 34.6 Å². The summed E-state index contributed by atoms with van der Waals surface area (Å²) in [5.41, 5.74) is 1.43. The maximum atomic E-state index is 12.5. The van der Waals surface area contributed by atoms with Crippen molar-refractivity contribution in [1.82, 2.24) is 10.2 Å². The molecule has 7 heteroatoms. The van der Waals surface area contributed by atoms with Crippen molar-refractivity contribution < 1.29 is 14.3 Å². The van der Waals surface area contributed by atoms with E-state index in [2.05, 4.69) is 33.1 Å². The lowest BCUT2D eigenvalue weighted by atomic mass is 10.1. The van der Waals surface area contributed by atoms with Gasteiger partial charge in [0.05, 0.1) is 19.2 Å². The Labute approximate surface area is 172 Å². The highest BCUT2D eigenvalue weighted by Crippen LogP contribution is 2.17. The van der Waals surface area contributed by atoms with Crippen LogP contribution >= 0.6 is 22.7 Å². The van der Waals surface area contributed by atoms with Gasteiger partial charge in [-0.3, -0.25) is 9.69 Å². The van der Waals surface area contributed by atoms with Crippen molar-refractivity contribution in [2.45, 2.75) is 19.6 Å². The largest absolute Gasteiger partial charge is 0.465 e. The van der Waals surface area contributed by atoms with Crippen LogP contribution in [0.3, 0.4) is 0 Å². The first kappa shape index (κ1) is 20.3. The number of esters is 1. The smallest absolute Gasteiger partial charge is 0.337 e. The van der Waals surface area contributed by atoms with Crippen molar-refractivity contribution in [1.29, 1.82) is 0 Å². The Morgan fingerprint density at radius 1 is 0.964 bits per heavy atom. The van der Waals surface area contributed by atoms with Crippen LogP contribution in [0.1, 0.15) is 25.7 Å². The maximum Gasteiger partial charge on any atom is 0.337 e. The van der Waals surface area contributed by atoms with Crippen molar-refractivity contribution in [3.05, 3.63) is 80.2 Å². The maximum absolute atomic E-state index is 12.5.